The third-order valence-corrected chi connectivity index (χ3v) is 4.97. The molecule has 0 aromatic heterocycles. The van der Waals surface area contributed by atoms with Crippen molar-refractivity contribution >= 4 is 34.7 Å². The van der Waals surface area contributed by atoms with Crippen LogP contribution in [0.15, 0.2) is 23.1 Å². The first-order valence-corrected chi connectivity index (χ1v) is 8.60. The predicted octanol–water partition coefficient (Wildman–Crippen LogP) is 2.89. The lowest BCUT2D eigenvalue weighted by molar-refractivity contribution is -0.122. The number of anilines is 1. The van der Waals surface area contributed by atoms with Crippen LogP contribution < -0.4 is 4.90 Å². The van der Waals surface area contributed by atoms with Crippen LogP contribution in [0.5, 0.6) is 0 Å². The maximum absolute atomic E-state index is 12.1. The van der Waals surface area contributed by atoms with Gasteiger partial charge in [-0.05, 0) is 54.9 Å². The highest BCUT2D eigenvalue weighted by Gasteiger charge is 2.33. The standard InChI is InChI=1S/C17H20N2O3S/c1-3-19-16(20)15(23-17(19)21)11-13-4-5-14(12(2)10-13)18-6-8-22-9-7-18/h4-5,10-11H,3,6-9H2,1-2H3/b15-11+. The van der Waals surface area contributed by atoms with Gasteiger partial charge in [-0.1, -0.05) is 6.07 Å². The monoisotopic (exact) mass is 332 g/mol. The predicted molar refractivity (Wildman–Crippen MR) is 92.6 cm³/mol. The molecule has 2 heterocycles. The van der Waals surface area contributed by atoms with Crippen LogP contribution in [0.1, 0.15) is 18.1 Å². The third kappa shape index (κ3) is 3.28. The van der Waals surface area contributed by atoms with Gasteiger partial charge in [-0.3, -0.25) is 14.5 Å². The van der Waals surface area contributed by atoms with Crippen LogP contribution in [0.25, 0.3) is 6.08 Å². The summed E-state index contributed by atoms with van der Waals surface area (Å²) in [6.45, 7) is 7.60. The summed E-state index contributed by atoms with van der Waals surface area (Å²) >= 11 is 1.01. The molecule has 2 aliphatic heterocycles. The van der Waals surface area contributed by atoms with Crippen molar-refractivity contribution in [2.75, 3.05) is 37.7 Å². The number of hydrogen-bond donors (Lipinski definition) is 0. The normalized spacial score (nSPS) is 20.7. The lowest BCUT2D eigenvalue weighted by Gasteiger charge is -2.30. The fraction of sp³-hybridized carbons (Fsp3) is 0.412. The first kappa shape index (κ1) is 16.1. The Hall–Kier alpha value is -1.79. The Morgan fingerprint density at radius 1 is 1.26 bits per heavy atom. The Bertz CT molecular complexity index is 666. The Kier molecular flexibility index (Phi) is 4.73. The molecule has 2 amide bonds. The minimum atomic E-state index is -0.197. The summed E-state index contributed by atoms with van der Waals surface area (Å²) in [6.07, 6.45) is 1.80. The number of hydrogen-bond acceptors (Lipinski definition) is 5. The first-order valence-electron chi connectivity index (χ1n) is 7.79. The van der Waals surface area contributed by atoms with Crippen LogP contribution in [0.4, 0.5) is 10.5 Å². The molecule has 2 fully saturated rings. The maximum atomic E-state index is 12.1. The highest BCUT2D eigenvalue weighted by molar-refractivity contribution is 8.18. The van der Waals surface area contributed by atoms with Gasteiger partial charge in [0.25, 0.3) is 11.1 Å². The number of nitrogens with zero attached hydrogens (tertiary/aromatic N) is 2. The summed E-state index contributed by atoms with van der Waals surface area (Å²) in [5.74, 6) is -0.197. The molecule has 0 atom stereocenters. The molecule has 5 nitrogen and oxygen atoms in total. The average molecular weight is 332 g/mol. The lowest BCUT2D eigenvalue weighted by Crippen LogP contribution is -2.36. The molecule has 0 bridgehead atoms. The highest BCUT2D eigenvalue weighted by Crippen LogP contribution is 2.32. The van der Waals surface area contributed by atoms with Gasteiger partial charge in [0, 0.05) is 25.3 Å². The van der Waals surface area contributed by atoms with Crippen LogP contribution in [-0.4, -0.2) is 48.9 Å². The van der Waals surface area contributed by atoms with Crippen LogP contribution >= 0.6 is 11.8 Å². The molecular weight excluding hydrogens is 312 g/mol. The van der Waals surface area contributed by atoms with Crippen molar-refractivity contribution in [1.29, 1.82) is 0 Å². The molecule has 0 unspecified atom stereocenters. The zero-order chi connectivity index (χ0) is 16.4. The van der Waals surface area contributed by atoms with Gasteiger partial charge in [-0.2, -0.15) is 0 Å². The molecule has 0 N–H and O–H groups in total. The quantitative estimate of drug-likeness (QED) is 0.797. The minimum Gasteiger partial charge on any atom is -0.378 e. The van der Waals surface area contributed by atoms with Gasteiger partial charge in [0.05, 0.1) is 18.1 Å². The van der Waals surface area contributed by atoms with Gasteiger partial charge in [0.2, 0.25) is 0 Å². The van der Waals surface area contributed by atoms with Crippen molar-refractivity contribution in [1.82, 2.24) is 4.90 Å². The van der Waals surface area contributed by atoms with E-state index in [9.17, 15) is 9.59 Å². The molecule has 3 rings (SSSR count). The van der Waals surface area contributed by atoms with Crippen molar-refractivity contribution in [2.24, 2.45) is 0 Å². The Morgan fingerprint density at radius 3 is 2.61 bits per heavy atom. The van der Waals surface area contributed by atoms with Gasteiger partial charge >= 0.3 is 0 Å². The fourth-order valence-corrected chi connectivity index (χ4v) is 3.75. The molecular formula is C17H20N2O3S. The Labute approximate surface area is 140 Å². The molecule has 0 saturated carbocycles. The van der Waals surface area contributed by atoms with Crippen molar-refractivity contribution in [2.45, 2.75) is 13.8 Å². The maximum Gasteiger partial charge on any atom is 0.293 e. The van der Waals surface area contributed by atoms with E-state index < -0.39 is 0 Å². The van der Waals surface area contributed by atoms with Crippen LogP contribution in [0, 0.1) is 6.92 Å². The van der Waals surface area contributed by atoms with Crippen LogP contribution in [0.2, 0.25) is 0 Å². The van der Waals surface area contributed by atoms with Crippen molar-refractivity contribution in [3.63, 3.8) is 0 Å². The van der Waals surface area contributed by atoms with Crippen LogP contribution in [0.3, 0.4) is 0 Å². The lowest BCUT2D eigenvalue weighted by atomic mass is 10.1. The molecule has 1 aromatic rings. The zero-order valence-electron chi connectivity index (χ0n) is 13.4. The number of carbonyl (C=O) groups is 2. The molecule has 0 aliphatic carbocycles. The number of benzene rings is 1. The minimum absolute atomic E-state index is 0.189. The Morgan fingerprint density at radius 2 is 2.00 bits per heavy atom. The van der Waals surface area contributed by atoms with Crippen molar-refractivity contribution in [3.8, 4) is 0 Å². The number of aryl methyl sites for hydroxylation is 1. The van der Waals surface area contributed by atoms with Gasteiger partial charge in [0.15, 0.2) is 0 Å². The number of amides is 2. The van der Waals surface area contributed by atoms with E-state index in [2.05, 4.69) is 24.0 Å². The van der Waals surface area contributed by atoms with Crippen molar-refractivity contribution in [3.05, 3.63) is 34.2 Å². The topological polar surface area (TPSA) is 49.9 Å². The molecule has 2 aliphatic rings. The molecule has 0 radical (unpaired) electrons. The van der Waals surface area contributed by atoms with E-state index in [0.29, 0.717) is 11.4 Å². The van der Waals surface area contributed by atoms with E-state index in [0.717, 1.165) is 49.2 Å². The van der Waals surface area contributed by atoms with Gasteiger partial charge in [-0.25, -0.2) is 0 Å². The van der Waals surface area contributed by atoms with Gasteiger partial charge in [0.1, 0.15) is 0 Å². The van der Waals surface area contributed by atoms with E-state index in [-0.39, 0.29) is 11.1 Å². The van der Waals surface area contributed by atoms with E-state index in [1.807, 2.05) is 6.07 Å². The van der Waals surface area contributed by atoms with E-state index >= 15 is 0 Å². The first-order chi connectivity index (χ1) is 11.1. The number of likely N-dealkylation sites (N-methyl/N-ethyl adjacent to an activating group) is 1. The molecule has 0 spiro atoms. The number of rotatable bonds is 3. The zero-order valence-corrected chi connectivity index (χ0v) is 14.2. The summed E-state index contributed by atoms with van der Waals surface area (Å²) in [7, 11) is 0. The summed E-state index contributed by atoms with van der Waals surface area (Å²) < 4.78 is 5.39. The Balaban J connectivity index is 1.82. The molecule has 122 valence electrons. The number of thioether (sulfide) groups is 1. The number of morpholine rings is 1. The summed E-state index contributed by atoms with van der Waals surface area (Å²) in [6, 6.07) is 6.14. The van der Waals surface area contributed by atoms with E-state index in [4.69, 9.17) is 4.74 Å². The second kappa shape index (κ2) is 6.76. The number of imide groups is 1. The number of carbonyl (C=O) groups excluding carboxylic acids is 2. The van der Waals surface area contributed by atoms with Crippen molar-refractivity contribution < 1.29 is 14.3 Å². The van der Waals surface area contributed by atoms with E-state index in [1.54, 1.807) is 13.0 Å². The van der Waals surface area contributed by atoms with Gasteiger partial charge < -0.3 is 9.64 Å². The smallest absolute Gasteiger partial charge is 0.293 e. The summed E-state index contributed by atoms with van der Waals surface area (Å²) in [5, 5.41) is -0.189. The second-order valence-corrected chi connectivity index (χ2v) is 6.56. The summed E-state index contributed by atoms with van der Waals surface area (Å²) in [5.41, 5.74) is 3.31. The molecule has 2 saturated heterocycles. The SMILES string of the molecule is CCN1C(=O)S/C(=C/c2ccc(N3CCOCC3)c(C)c2)C1=O. The largest absolute Gasteiger partial charge is 0.378 e. The second-order valence-electron chi connectivity index (χ2n) is 5.57. The number of ether oxygens (including phenoxy) is 1. The fourth-order valence-electron chi connectivity index (χ4n) is 2.85. The molecule has 6 heteroatoms. The average Bonchev–Trinajstić information content (AvgIpc) is 2.82. The highest BCUT2D eigenvalue weighted by atomic mass is 32.2. The summed E-state index contributed by atoms with van der Waals surface area (Å²) in [4.78, 5) is 28.0. The molecule has 1 aromatic carbocycles. The third-order valence-electron chi connectivity index (χ3n) is 4.06. The molecule has 23 heavy (non-hydrogen) atoms. The van der Waals surface area contributed by atoms with Gasteiger partial charge in [-0.15, -0.1) is 0 Å². The van der Waals surface area contributed by atoms with E-state index in [1.165, 1.54) is 10.6 Å². The van der Waals surface area contributed by atoms with Crippen LogP contribution in [-0.2, 0) is 9.53 Å².